The first-order valence-electron chi connectivity index (χ1n) is 6.05. The molecule has 0 atom stereocenters. The van der Waals surface area contributed by atoms with E-state index in [9.17, 15) is 0 Å². The number of rotatable bonds is 0. The van der Waals surface area contributed by atoms with E-state index >= 15 is 0 Å². The molecule has 0 amide bonds. The van der Waals surface area contributed by atoms with Crippen LogP contribution in [-0.2, 0) is 12.8 Å². The van der Waals surface area contributed by atoms with E-state index in [1.54, 1.807) is 14.7 Å². The van der Waals surface area contributed by atoms with Crippen molar-refractivity contribution in [3.63, 3.8) is 0 Å². The average molecular weight is 328 g/mol. The van der Waals surface area contributed by atoms with Crippen LogP contribution in [0.4, 0.5) is 0 Å². The second-order valence-corrected chi connectivity index (χ2v) is 8.61. The van der Waals surface area contributed by atoms with Gasteiger partial charge < -0.3 is 0 Å². The Bertz CT molecular complexity index is 336. The molecule has 0 spiro atoms. The molecule has 2 nitrogen and oxygen atoms in total. The third-order valence-corrected chi connectivity index (χ3v) is 5.30. The Morgan fingerprint density at radius 1 is 1.12 bits per heavy atom. The first-order valence-corrected chi connectivity index (χ1v) is 8.91. The summed E-state index contributed by atoms with van der Waals surface area (Å²) in [5, 5.41) is 0. The van der Waals surface area contributed by atoms with Crippen molar-refractivity contribution in [2.45, 2.75) is 25.7 Å². The Morgan fingerprint density at radius 2 is 1.69 bits per heavy atom. The van der Waals surface area contributed by atoms with Gasteiger partial charge in [-0.3, -0.25) is 4.59 Å². The molecule has 16 heavy (non-hydrogen) atoms. The van der Waals surface area contributed by atoms with E-state index in [4.69, 9.17) is 5.84 Å². The molecular formula is C13H25N2Sn+. The number of aryl methyl sites for hydroxylation is 1. The summed E-state index contributed by atoms with van der Waals surface area (Å²) in [5.41, 5.74) is 3.36. The molecule has 90 valence electrons. The Labute approximate surface area is 112 Å². The van der Waals surface area contributed by atoms with Crippen molar-refractivity contribution in [1.82, 2.24) is 0 Å². The Morgan fingerprint density at radius 3 is 2.25 bits per heavy atom. The van der Waals surface area contributed by atoms with Gasteiger partial charge in [-0.2, -0.15) is 5.84 Å². The summed E-state index contributed by atoms with van der Waals surface area (Å²) in [5.74, 6) is 5.29. The van der Waals surface area contributed by atoms with Crippen LogP contribution in [0.25, 0.3) is 0 Å². The summed E-state index contributed by atoms with van der Waals surface area (Å²) in [6.45, 7) is 0. The maximum atomic E-state index is 5.29. The van der Waals surface area contributed by atoms with Crippen LogP contribution in [0.1, 0.15) is 24.0 Å². The minimum absolute atomic E-state index is 0.500. The minimum atomic E-state index is 0.500. The molecule has 0 aromatic heterocycles. The second-order valence-electron chi connectivity index (χ2n) is 5.54. The summed E-state index contributed by atoms with van der Waals surface area (Å²) in [7, 11) is 5.71. The Hall–Kier alpha value is -0.0613. The molecule has 0 saturated carbocycles. The van der Waals surface area contributed by atoms with Gasteiger partial charge in [-0.15, -0.1) is 0 Å². The van der Waals surface area contributed by atoms with E-state index in [1.807, 2.05) is 21.1 Å². The summed E-state index contributed by atoms with van der Waals surface area (Å²) >= 11 is 0.708. The zero-order valence-electron chi connectivity index (χ0n) is 11.1. The van der Waals surface area contributed by atoms with E-state index in [0.29, 0.717) is 27.1 Å². The van der Waals surface area contributed by atoms with Gasteiger partial charge in [0, 0.05) is 0 Å². The van der Waals surface area contributed by atoms with E-state index in [-0.39, 0.29) is 0 Å². The molecule has 2 rings (SSSR count). The molecule has 0 fully saturated rings. The van der Waals surface area contributed by atoms with Crippen molar-refractivity contribution in [2.24, 2.45) is 5.84 Å². The number of hydrogen-bond acceptors (Lipinski definition) is 1. The molecule has 0 unspecified atom stereocenters. The van der Waals surface area contributed by atoms with Gasteiger partial charge in [0.25, 0.3) is 0 Å². The van der Waals surface area contributed by atoms with Crippen LogP contribution in [0.3, 0.4) is 0 Å². The van der Waals surface area contributed by atoms with Crippen LogP contribution in [0.15, 0.2) is 18.2 Å². The zero-order chi connectivity index (χ0) is 12.2. The molecule has 1 aromatic rings. The van der Waals surface area contributed by atoms with Gasteiger partial charge in [-0.1, -0.05) is 0 Å². The fourth-order valence-corrected chi connectivity index (χ4v) is 4.15. The molecule has 0 saturated heterocycles. The van der Waals surface area contributed by atoms with Crippen LogP contribution < -0.4 is 9.42 Å². The topological polar surface area (TPSA) is 26.0 Å². The fourth-order valence-electron chi connectivity index (χ4n) is 1.97. The van der Waals surface area contributed by atoms with Gasteiger partial charge in [0.05, 0.1) is 21.1 Å². The van der Waals surface area contributed by atoms with Gasteiger partial charge in [-0.05, 0) is 0 Å². The van der Waals surface area contributed by atoms with E-state index < -0.39 is 0 Å². The molecule has 3 heteroatoms. The summed E-state index contributed by atoms with van der Waals surface area (Å²) < 4.78 is 2.20. The number of nitrogens with two attached hydrogens (primary N) is 1. The van der Waals surface area contributed by atoms with Gasteiger partial charge in [-0.25, -0.2) is 0 Å². The standard InChI is InChI=1S/C10H11.C3H11N2.Sn.3H/c1-2-6-10-8-4-3-7-9(10)5-1;1-5(2,3)4;;;;/h1-2,5H,3-4,7-8H2;4H2,1-3H3;;;;/q;+1;;;;. The molecule has 1 aromatic carbocycles. The van der Waals surface area contributed by atoms with Crippen molar-refractivity contribution in [1.29, 1.82) is 0 Å². The number of hydrogen-bond donors (Lipinski definition) is 1. The quantitative estimate of drug-likeness (QED) is 0.311. The first-order chi connectivity index (χ1) is 7.38. The van der Waals surface area contributed by atoms with Gasteiger partial charge >= 0.3 is 81.1 Å². The second kappa shape index (κ2) is 6.03. The van der Waals surface area contributed by atoms with E-state index in [0.717, 1.165) is 0 Å². The molecule has 0 bridgehead atoms. The molecule has 1 aliphatic rings. The van der Waals surface area contributed by atoms with Crippen molar-refractivity contribution in [3.8, 4) is 0 Å². The average Bonchev–Trinajstić information content (AvgIpc) is 2.16. The molecular weight excluding hydrogens is 303 g/mol. The van der Waals surface area contributed by atoms with Crippen molar-refractivity contribution < 1.29 is 4.59 Å². The summed E-state index contributed by atoms with van der Waals surface area (Å²) in [6, 6.07) is 6.87. The van der Waals surface area contributed by atoms with Crippen molar-refractivity contribution in [2.75, 3.05) is 21.1 Å². The SMILES string of the molecule is C[N+](C)(C)N.[SnH3][c]1cccc2c1CCCC2. The number of fused-ring (bicyclic) bond motifs is 1. The van der Waals surface area contributed by atoms with Crippen LogP contribution >= 0.6 is 0 Å². The maximum absolute atomic E-state index is 5.29. The predicted octanol–water partition coefficient (Wildman–Crippen LogP) is 0.122. The third-order valence-electron chi connectivity index (χ3n) is 2.63. The Kier molecular flexibility index (Phi) is 5.28. The van der Waals surface area contributed by atoms with Crippen LogP contribution in [0.2, 0.25) is 0 Å². The third kappa shape index (κ3) is 5.32. The van der Waals surface area contributed by atoms with Crippen LogP contribution in [0.5, 0.6) is 0 Å². The van der Waals surface area contributed by atoms with Gasteiger partial charge in [0.2, 0.25) is 0 Å². The number of benzene rings is 1. The number of nitrogens with zero attached hydrogens (tertiary/aromatic N) is 1. The molecule has 0 heterocycles. The molecule has 0 radical (unpaired) electrons. The molecule has 1 aliphatic carbocycles. The summed E-state index contributed by atoms with van der Waals surface area (Å²) in [4.78, 5) is 0. The van der Waals surface area contributed by atoms with Gasteiger partial charge in [0.1, 0.15) is 0 Å². The number of quaternary nitrogens is 1. The molecule has 2 N–H and O–H groups in total. The fraction of sp³-hybridized carbons (Fsp3) is 0.538. The zero-order valence-corrected chi connectivity index (χ0v) is 16.8. The van der Waals surface area contributed by atoms with E-state index in [1.165, 1.54) is 25.7 Å². The molecule has 0 aliphatic heterocycles. The first kappa shape index (κ1) is 14.0. The van der Waals surface area contributed by atoms with Crippen LogP contribution in [-0.4, -0.2) is 48.3 Å². The monoisotopic (exact) mass is 329 g/mol. The predicted molar refractivity (Wildman–Crippen MR) is 74.9 cm³/mol. The van der Waals surface area contributed by atoms with Gasteiger partial charge in [0.15, 0.2) is 0 Å². The van der Waals surface area contributed by atoms with Crippen molar-refractivity contribution >= 4 is 26.1 Å². The van der Waals surface area contributed by atoms with Crippen molar-refractivity contribution in [3.05, 3.63) is 29.3 Å². The van der Waals surface area contributed by atoms with E-state index in [2.05, 4.69) is 18.2 Å². The normalized spacial score (nSPS) is 15.0. The Balaban J connectivity index is 0.000000221. The van der Waals surface area contributed by atoms with Crippen LogP contribution in [0, 0.1) is 0 Å². The summed E-state index contributed by atoms with van der Waals surface area (Å²) in [6.07, 6.45) is 5.53.